The highest BCUT2D eigenvalue weighted by Crippen LogP contribution is 2.38. The Bertz CT molecular complexity index is 818. The number of methoxy groups -OCH3 is 1. The van der Waals surface area contributed by atoms with Gasteiger partial charge in [-0.05, 0) is 37.0 Å². The maximum absolute atomic E-state index is 13.0. The van der Waals surface area contributed by atoms with Crippen molar-refractivity contribution in [3.05, 3.63) is 41.7 Å². The van der Waals surface area contributed by atoms with Gasteiger partial charge >= 0.3 is 0 Å². The molecule has 2 N–H and O–H groups in total. The lowest BCUT2D eigenvalue weighted by Crippen LogP contribution is -2.39. The van der Waals surface area contributed by atoms with Crippen molar-refractivity contribution in [3.8, 4) is 5.75 Å². The number of aromatic amines is 1. The van der Waals surface area contributed by atoms with Gasteiger partial charge in [0.05, 0.1) is 24.8 Å². The van der Waals surface area contributed by atoms with E-state index in [4.69, 9.17) is 4.74 Å². The maximum atomic E-state index is 13.0. The highest BCUT2D eigenvalue weighted by atomic mass is 16.5. The number of likely N-dealkylation sites (tertiary alicyclic amines) is 1. The molecule has 1 aromatic heterocycles. The van der Waals surface area contributed by atoms with E-state index in [0.717, 1.165) is 36.2 Å². The molecule has 2 aliphatic heterocycles. The molecule has 1 saturated heterocycles. The Morgan fingerprint density at radius 3 is 3.00 bits per heavy atom. The zero-order valence-corrected chi connectivity index (χ0v) is 14.7. The molecule has 1 aromatic carbocycles. The first kappa shape index (κ1) is 16.6. The minimum Gasteiger partial charge on any atom is -0.497 e. The summed E-state index contributed by atoms with van der Waals surface area (Å²) in [5, 5.41) is 9.86. The number of carbonyl (C=O) groups is 2. The van der Waals surface area contributed by atoms with Gasteiger partial charge in [-0.1, -0.05) is 6.07 Å². The first-order valence-electron chi connectivity index (χ1n) is 8.95. The molecule has 26 heavy (non-hydrogen) atoms. The summed E-state index contributed by atoms with van der Waals surface area (Å²) in [6, 6.07) is 7.42. The summed E-state index contributed by atoms with van der Waals surface area (Å²) in [4.78, 5) is 27.3. The predicted molar refractivity (Wildman–Crippen MR) is 95.9 cm³/mol. The van der Waals surface area contributed by atoms with Crippen molar-refractivity contribution in [1.29, 1.82) is 0 Å². The van der Waals surface area contributed by atoms with E-state index in [1.54, 1.807) is 19.4 Å². The number of nitrogens with zero attached hydrogens (tertiary/aromatic N) is 2. The van der Waals surface area contributed by atoms with E-state index >= 15 is 0 Å². The minimum atomic E-state index is -0.451. The highest BCUT2D eigenvalue weighted by Gasteiger charge is 2.36. The van der Waals surface area contributed by atoms with Crippen LogP contribution in [0.25, 0.3) is 0 Å². The molecule has 0 spiro atoms. The molecule has 0 saturated carbocycles. The fourth-order valence-electron chi connectivity index (χ4n) is 3.94. The number of benzene rings is 1. The summed E-state index contributed by atoms with van der Waals surface area (Å²) in [6.45, 7) is 0.715. The lowest BCUT2D eigenvalue weighted by Gasteiger charge is -2.35. The van der Waals surface area contributed by atoms with E-state index in [9.17, 15) is 9.59 Å². The molecule has 2 unspecified atom stereocenters. The average molecular weight is 354 g/mol. The molecule has 7 heteroatoms. The first-order valence-corrected chi connectivity index (χ1v) is 8.95. The molecule has 2 aliphatic rings. The van der Waals surface area contributed by atoms with Gasteiger partial charge in [0, 0.05) is 30.9 Å². The topological polar surface area (TPSA) is 87.3 Å². The second kappa shape index (κ2) is 6.82. The maximum Gasteiger partial charge on any atom is 0.232 e. The number of aromatic nitrogens is 2. The van der Waals surface area contributed by atoms with Crippen molar-refractivity contribution in [2.45, 2.75) is 37.6 Å². The summed E-state index contributed by atoms with van der Waals surface area (Å²) < 4.78 is 5.21. The Morgan fingerprint density at radius 1 is 1.35 bits per heavy atom. The lowest BCUT2D eigenvalue weighted by atomic mass is 9.94. The number of ether oxygens (including phenoxy) is 1. The number of hydrogen-bond acceptors (Lipinski definition) is 4. The fraction of sp³-hybridized carbons (Fsp3) is 0.421. The minimum absolute atomic E-state index is 0.00752. The smallest absolute Gasteiger partial charge is 0.232 e. The van der Waals surface area contributed by atoms with Gasteiger partial charge < -0.3 is 15.0 Å². The van der Waals surface area contributed by atoms with Gasteiger partial charge in [-0.25, -0.2) is 0 Å². The van der Waals surface area contributed by atoms with Crippen LogP contribution in [0.15, 0.2) is 30.5 Å². The number of amides is 2. The summed E-state index contributed by atoms with van der Waals surface area (Å²) in [5.74, 6) is 0.115. The van der Waals surface area contributed by atoms with Crippen LogP contribution in [0.2, 0.25) is 0 Å². The summed E-state index contributed by atoms with van der Waals surface area (Å²) >= 11 is 0. The Balaban J connectivity index is 1.53. The SMILES string of the molecule is COc1ccc2c(c1)NC(=O)C2CC(=O)N1CCCCC1c1ccn[nH]1. The van der Waals surface area contributed by atoms with E-state index in [-0.39, 0.29) is 24.3 Å². The average Bonchev–Trinajstić information content (AvgIpc) is 3.30. The number of piperidine rings is 1. The van der Waals surface area contributed by atoms with E-state index in [0.29, 0.717) is 12.3 Å². The third-order valence-electron chi connectivity index (χ3n) is 5.29. The third-order valence-corrected chi connectivity index (χ3v) is 5.29. The molecule has 2 amide bonds. The summed E-state index contributed by atoms with van der Waals surface area (Å²) in [6.07, 6.45) is 4.87. The van der Waals surface area contributed by atoms with Gasteiger partial charge in [0.2, 0.25) is 11.8 Å². The fourth-order valence-corrected chi connectivity index (χ4v) is 3.94. The molecule has 2 atom stereocenters. The Labute approximate surface area is 151 Å². The number of carbonyl (C=O) groups excluding carboxylic acids is 2. The van der Waals surface area contributed by atoms with Gasteiger partial charge in [-0.3, -0.25) is 14.7 Å². The van der Waals surface area contributed by atoms with Crippen LogP contribution < -0.4 is 10.1 Å². The zero-order chi connectivity index (χ0) is 18.1. The predicted octanol–water partition coefficient (Wildman–Crippen LogP) is 2.60. The van der Waals surface area contributed by atoms with Gasteiger partial charge in [0.1, 0.15) is 5.75 Å². The molecule has 0 aliphatic carbocycles. The Hall–Kier alpha value is -2.83. The molecule has 0 radical (unpaired) electrons. The van der Waals surface area contributed by atoms with Crippen LogP contribution in [0.4, 0.5) is 5.69 Å². The van der Waals surface area contributed by atoms with Crippen molar-refractivity contribution in [1.82, 2.24) is 15.1 Å². The zero-order valence-electron chi connectivity index (χ0n) is 14.7. The number of fused-ring (bicyclic) bond motifs is 1. The van der Waals surface area contributed by atoms with Crippen LogP contribution in [0.1, 0.15) is 48.9 Å². The molecular weight excluding hydrogens is 332 g/mol. The molecule has 0 bridgehead atoms. The number of hydrogen-bond donors (Lipinski definition) is 2. The first-order chi connectivity index (χ1) is 12.7. The van der Waals surface area contributed by atoms with Crippen LogP contribution in [0.5, 0.6) is 5.75 Å². The molecular formula is C19H22N4O3. The van der Waals surface area contributed by atoms with Crippen LogP contribution in [0.3, 0.4) is 0 Å². The van der Waals surface area contributed by atoms with Gasteiger partial charge in [-0.15, -0.1) is 0 Å². The monoisotopic (exact) mass is 354 g/mol. The van der Waals surface area contributed by atoms with Crippen LogP contribution >= 0.6 is 0 Å². The second-order valence-electron chi connectivity index (χ2n) is 6.81. The van der Waals surface area contributed by atoms with E-state index in [1.807, 2.05) is 23.1 Å². The van der Waals surface area contributed by atoms with E-state index in [1.165, 1.54) is 0 Å². The summed E-state index contributed by atoms with van der Waals surface area (Å²) in [7, 11) is 1.59. The van der Waals surface area contributed by atoms with Crippen LogP contribution in [-0.4, -0.2) is 40.6 Å². The third kappa shape index (κ3) is 2.94. The van der Waals surface area contributed by atoms with Gasteiger partial charge in [0.25, 0.3) is 0 Å². The van der Waals surface area contributed by atoms with Gasteiger partial charge in [0.15, 0.2) is 0 Å². The van der Waals surface area contributed by atoms with Crippen molar-refractivity contribution in [2.24, 2.45) is 0 Å². The largest absolute Gasteiger partial charge is 0.497 e. The molecule has 136 valence electrons. The van der Waals surface area contributed by atoms with Crippen molar-refractivity contribution in [3.63, 3.8) is 0 Å². The Morgan fingerprint density at radius 2 is 2.23 bits per heavy atom. The number of anilines is 1. The highest BCUT2D eigenvalue weighted by molar-refractivity contribution is 6.05. The molecule has 7 nitrogen and oxygen atoms in total. The molecule has 2 aromatic rings. The molecule has 4 rings (SSSR count). The summed E-state index contributed by atoms with van der Waals surface area (Å²) in [5.41, 5.74) is 2.55. The quantitative estimate of drug-likeness (QED) is 0.883. The second-order valence-corrected chi connectivity index (χ2v) is 6.81. The van der Waals surface area contributed by atoms with Crippen LogP contribution in [-0.2, 0) is 9.59 Å². The van der Waals surface area contributed by atoms with E-state index < -0.39 is 5.92 Å². The normalized spacial score (nSPS) is 22.0. The van der Waals surface area contributed by atoms with Gasteiger partial charge in [-0.2, -0.15) is 5.10 Å². The van der Waals surface area contributed by atoms with Crippen molar-refractivity contribution >= 4 is 17.5 Å². The standard InChI is InChI=1S/C19H22N4O3/c1-26-12-5-6-13-14(19(25)21-16(13)10-12)11-18(24)23-9-3-2-4-17(23)15-7-8-20-22-15/h5-8,10,14,17H,2-4,9,11H2,1H3,(H,20,22)(H,21,25). The Kier molecular flexibility index (Phi) is 4.36. The molecule has 3 heterocycles. The van der Waals surface area contributed by atoms with Crippen molar-refractivity contribution in [2.75, 3.05) is 19.0 Å². The lowest BCUT2D eigenvalue weighted by molar-refractivity contribution is -0.137. The number of H-pyrrole nitrogens is 1. The number of nitrogens with one attached hydrogen (secondary N) is 2. The van der Waals surface area contributed by atoms with Crippen LogP contribution in [0, 0.1) is 0 Å². The van der Waals surface area contributed by atoms with E-state index in [2.05, 4.69) is 15.5 Å². The van der Waals surface area contributed by atoms with Crippen molar-refractivity contribution < 1.29 is 14.3 Å². The molecule has 1 fully saturated rings. The number of rotatable bonds is 4.